The van der Waals surface area contributed by atoms with Crippen molar-refractivity contribution in [1.82, 2.24) is 72.9 Å². The molecule has 3 aromatic carbocycles. The number of carbonyl (C=O) groups excluding carboxylic acids is 1. The quantitative estimate of drug-likeness (QED) is 0.137. The van der Waals surface area contributed by atoms with Crippen molar-refractivity contribution >= 4 is 17.3 Å². The Labute approximate surface area is 613 Å². The fraction of sp³-hybridized carbons (Fsp3) is 0.759. The summed E-state index contributed by atoms with van der Waals surface area (Å²) in [5, 5.41) is 0. The Morgan fingerprint density at radius 3 is 1.10 bits per heavy atom. The lowest BCUT2D eigenvalue weighted by Crippen LogP contribution is -2.49. The molecule has 20 heteroatoms. The first-order chi connectivity index (χ1) is 46.8. The molecule has 576 valence electrons. The second-order valence-electron chi connectivity index (χ2n) is 30.0. The lowest BCUT2D eigenvalue weighted by molar-refractivity contribution is 0.148. The van der Waals surface area contributed by atoms with Crippen LogP contribution in [0.4, 0.5) is 4.79 Å². The highest BCUT2D eigenvalue weighted by atomic mass is 32.2. The molecule has 19 nitrogen and oxygen atoms in total. The van der Waals surface area contributed by atoms with E-state index < -0.39 is 11.3 Å². The number of nitrogens with two attached hydrogens (primary N) is 1. The van der Waals surface area contributed by atoms with Crippen LogP contribution in [0.1, 0.15) is 107 Å². The lowest BCUT2D eigenvalue weighted by atomic mass is 10.00. The Kier molecular flexibility index (Phi) is 56.7. The summed E-state index contributed by atoms with van der Waals surface area (Å²) in [4.78, 5) is 42.5. The number of likely N-dealkylation sites (N-methyl/N-ethyl adjacent to an activating group) is 9. The van der Waals surface area contributed by atoms with Gasteiger partial charge in [-0.1, -0.05) is 131 Å². The molecule has 6 aliphatic heterocycles. The molecule has 1 atom stereocenters. The first-order valence-electron chi connectivity index (χ1n) is 37.7. The largest absolute Gasteiger partial charge is 0.760 e. The van der Waals surface area contributed by atoms with Gasteiger partial charge < -0.3 is 74.0 Å². The molecule has 0 saturated carbocycles. The van der Waals surface area contributed by atoms with Gasteiger partial charge in [-0.3, -0.25) is 9.11 Å². The molecule has 9 rings (SSSR count). The summed E-state index contributed by atoms with van der Waals surface area (Å²) < 4.78 is 22.3. The van der Waals surface area contributed by atoms with E-state index >= 15 is 0 Å². The third-order valence-electron chi connectivity index (χ3n) is 18.7. The summed E-state index contributed by atoms with van der Waals surface area (Å²) in [5.74, 6) is 1.67. The van der Waals surface area contributed by atoms with Gasteiger partial charge in [-0.05, 0) is 226 Å². The molecule has 0 aromatic heterocycles. The molecule has 6 aliphatic rings. The molecule has 0 aliphatic carbocycles. The highest BCUT2D eigenvalue weighted by Crippen LogP contribution is 2.17. The number of piperidine rings is 2. The van der Waals surface area contributed by atoms with E-state index in [2.05, 4.69) is 291 Å². The number of amides is 2. The van der Waals surface area contributed by atoms with Gasteiger partial charge in [-0.15, -0.1) is 0 Å². The lowest BCUT2D eigenvalue weighted by Gasteiger charge is -2.32. The summed E-state index contributed by atoms with van der Waals surface area (Å²) >= 11 is -1.98. The second-order valence-corrected chi connectivity index (χ2v) is 30.9. The van der Waals surface area contributed by atoms with Gasteiger partial charge in [-0.2, -0.15) is 0 Å². The topological polar surface area (TPSA) is 132 Å². The molecule has 0 radical (unpaired) electrons. The summed E-state index contributed by atoms with van der Waals surface area (Å²) in [6, 6.07) is 26.1. The number of carbonyl (C=O) groups is 1. The number of likely N-dealkylation sites (tertiary alicyclic amines) is 1. The van der Waals surface area contributed by atoms with E-state index in [0.29, 0.717) is 19.0 Å². The molecular weight excluding hydrogens is 1250 g/mol. The number of aryl methyl sites for hydroxylation is 3. The minimum absolute atomic E-state index is 0.298. The predicted octanol–water partition coefficient (Wildman–Crippen LogP) is 9.04. The second kappa shape index (κ2) is 58.8. The molecule has 3 aromatic rings. The van der Waals surface area contributed by atoms with Gasteiger partial charge in [0.05, 0.1) is 0 Å². The summed E-state index contributed by atoms with van der Waals surface area (Å²) in [6.07, 6.45) is 8.59. The molecule has 0 spiro atoms. The van der Waals surface area contributed by atoms with Crippen molar-refractivity contribution in [3.05, 3.63) is 106 Å². The number of hydrogen-bond acceptors (Lipinski definition) is 16. The number of benzene rings is 3. The minimum Gasteiger partial charge on any atom is -0.760 e. The third-order valence-corrected chi connectivity index (χ3v) is 19.5. The van der Waals surface area contributed by atoms with Crippen LogP contribution in [-0.4, -0.2) is 364 Å². The zero-order valence-electron chi connectivity index (χ0n) is 68.3. The van der Waals surface area contributed by atoms with E-state index in [9.17, 15) is 13.6 Å². The van der Waals surface area contributed by atoms with Crippen LogP contribution >= 0.6 is 0 Å². The Morgan fingerprint density at radius 2 is 0.778 bits per heavy atom. The Balaban J connectivity index is 0.00000109. The van der Waals surface area contributed by atoms with Crippen molar-refractivity contribution in [2.45, 2.75) is 113 Å². The number of primary amides is 1. The molecule has 2 N–H and O–H groups in total. The van der Waals surface area contributed by atoms with Crippen LogP contribution in [0, 0.1) is 32.6 Å². The van der Waals surface area contributed by atoms with Crippen molar-refractivity contribution < 1.29 is 13.6 Å². The molecule has 99 heavy (non-hydrogen) atoms. The maximum atomic E-state index is 10.6. The molecule has 6 heterocycles. The number of piperazine rings is 4. The normalized spacial score (nSPS) is 18.5. The zero-order valence-corrected chi connectivity index (χ0v) is 69.1. The van der Waals surface area contributed by atoms with Crippen LogP contribution < -0.4 is 5.73 Å². The molecule has 6 fully saturated rings. The minimum atomic E-state index is -1.98. The molecule has 6 saturated heterocycles. The molecule has 0 bridgehead atoms. The van der Waals surface area contributed by atoms with Crippen LogP contribution in [0.25, 0.3) is 0 Å². The van der Waals surface area contributed by atoms with Crippen molar-refractivity contribution in [3.63, 3.8) is 0 Å². The van der Waals surface area contributed by atoms with Gasteiger partial charge in [0.1, 0.15) is 0 Å². The fourth-order valence-corrected chi connectivity index (χ4v) is 10.9. The van der Waals surface area contributed by atoms with Gasteiger partial charge in [0.15, 0.2) is 0 Å². The first kappa shape index (κ1) is 95.5. The average Bonchev–Trinajstić information content (AvgIpc) is 1.69. The SMILES string of the molecule is CC1CCN(C)CC1.CC1CCN(S(=O)[O-])CC1.CCCCN(C)C.CCN(C)C.CCN1CCN(C)CC1.CN1CCN(C(N)=O)CC1.CN1CCN(C)CC1.Cc1ccc(CCN(C)C)cc1.Cc1ccc(CN(C)CCN(C)C)cc1.Cc1ccc(CN2CCN(C)CC2)cc1. The van der Waals surface area contributed by atoms with Gasteiger partial charge >= 0.3 is 6.03 Å². The number of rotatable bonds is 16. The van der Waals surface area contributed by atoms with Gasteiger partial charge in [0.2, 0.25) is 0 Å². The van der Waals surface area contributed by atoms with E-state index in [4.69, 9.17) is 5.73 Å². The van der Waals surface area contributed by atoms with Crippen LogP contribution in [0.5, 0.6) is 0 Å². The van der Waals surface area contributed by atoms with Crippen molar-refractivity contribution in [2.24, 2.45) is 17.6 Å². The summed E-state index contributed by atoms with van der Waals surface area (Å²) in [5.41, 5.74) is 13.3. The third kappa shape index (κ3) is 55.7. The smallest absolute Gasteiger partial charge is 0.314 e. The molecular formula is C79H155N16O3S-. The van der Waals surface area contributed by atoms with Gasteiger partial charge in [-0.25, -0.2) is 9.10 Å². The summed E-state index contributed by atoms with van der Waals surface area (Å²) in [7, 11) is 31.9. The van der Waals surface area contributed by atoms with Crippen molar-refractivity contribution in [3.8, 4) is 0 Å². The van der Waals surface area contributed by atoms with E-state index in [0.717, 1.165) is 90.6 Å². The van der Waals surface area contributed by atoms with Crippen molar-refractivity contribution in [2.75, 3.05) is 276 Å². The molecule has 2 amide bonds. The van der Waals surface area contributed by atoms with Crippen LogP contribution in [-0.2, 0) is 30.8 Å². The summed E-state index contributed by atoms with van der Waals surface area (Å²) in [6.45, 7) is 48.7. The number of unbranched alkanes of at least 4 members (excludes halogenated alkanes) is 1. The number of nitrogens with zero attached hydrogens (tertiary/aromatic N) is 15. The van der Waals surface area contributed by atoms with E-state index in [1.807, 2.05) is 7.05 Å². The fourth-order valence-electron chi connectivity index (χ4n) is 10.4. The Hall–Kier alpha value is -3.52. The van der Waals surface area contributed by atoms with E-state index in [1.165, 1.54) is 168 Å². The monoisotopic (exact) mass is 1410 g/mol. The first-order valence-corrected chi connectivity index (χ1v) is 38.8. The van der Waals surface area contributed by atoms with Crippen molar-refractivity contribution in [1.29, 1.82) is 0 Å². The number of hydrogen-bond donors (Lipinski definition) is 1. The van der Waals surface area contributed by atoms with Crippen LogP contribution in [0.3, 0.4) is 0 Å². The van der Waals surface area contributed by atoms with Gasteiger partial charge in [0.25, 0.3) is 0 Å². The average molecular weight is 1410 g/mol. The predicted molar refractivity (Wildman–Crippen MR) is 429 cm³/mol. The zero-order chi connectivity index (χ0) is 74.7. The maximum absolute atomic E-state index is 10.6. The Bertz CT molecular complexity index is 2250. The van der Waals surface area contributed by atoms with Crippen LogP contribution in [0.2, 0.25) is 0 Å². The highest BCUT2D eigenvalue weighted by Gasteiger charge is 2.18. The van der Waals surface area contributed by atoms with Crippen LogP contribution in [0.15, 0.2) is 72.8 Å². The van der Waals surface area contributed by atoms with E-state index in [1.54, 1.807) is 4.90 Å². The maximum Gasteiger partial charge on any atom is 0.314 e. The standard InChI is InChI=1S/C13H20N2.C13H22N2.C11H17N.C7H16N2.C7H15N.C6H13N3O.C6H14N2.C6H13NO2S.C6H15N.C4H11N/c1-12-3-5-13(6-4-12)11-15-9-7-14(2)8-10-15;1-12-5-7-13(8-6-12)11-15(4)10-9-14(2)3;1-10-4-6-11(7-5-10)8-9-12(2)3;1-3-9-6-4-8(2)5-7-9;1-7-3-5-8(2)6-4-7;1-8-2-4-9(5-3-8)6(7)10;1-7-3-5-8(2)6-4-7;1-6-2-4-7(5-3-6)10(8)9;1-4-5-6-7(2)3;1-4-5(2)3/h3-6H,7-11H2,1-2H3;5-8H,9-11H2,1-4H3;4-7H,8-9H2,1-3H3;3-7H2,1-2H3;7H,3-6H2,1-2H3;2-5H2,1H3,(H2,7,10);3-6H2,1-2H3;6H,2-5H2,1H3,(H,8,9);4-6H2,1-3H3;4H2,1-3H3/p-1. The highest BCUT2D eigenvalue weighted by molar-refractivity contribution is 7.76. The Morgan fingerprint density at radius 1 is 0.444 bits per heavy atom. The number of urea groups is 1. The van der Waals surface area contributed by atoms with E-state index in [-0.39, 0.29) is 6.03 Å². The van der Waals surface area contributed by atoms with Gasteiger partial charge in [0, 0.05) is 162 Å². The molecule has 1 unspecified atom stereocenters.